The van der Waals surface area contributed by atoms with Gasteiger partial charge in [-0.3, -0.25) is 14.7 Å². The molecule has 5 heterocycles. The summed E-state index contributed by atoms with van der Waals surface area (Å²) in [7, 11) is 1.64. The first-order chi connectivity index (χ1) is 18.1. The van der Waals surface area contributed by atoms with E-state index in [1.54, 1.807) is 13.3 Å². The Balaban J connectivity index is 1.12. The van der Waals surface area contributed by atoms with Crippen molar-refractivity contribution < 1.29 is 14.3 Å². The summed E-state index contributed by atoms with van der Waals surface area (Å²) >= 11 is 0. The number of hydrogen-bond donors (Lipinski definition) is 1. The van der Waals surface area contributed by atoms with Gasteiger partial charge in [0.05, 0.1) is 30.6 Å². The molecule has 1 N–H and O–H groups in total. The number of aromatic nitrogens is 3. The summed E-state index contributed by atoms with van der Waals surface area (Å²) in [6, 6.07) is 9.71. The number of nitrogens with one attached hydrogen (secondary N) is 1. The van der Waals surface area contributed by atoms with Crippen LogP contribution in [0.4, 0.5) is 11.4 Å². The smallest absolute Gasteiger partial charge is 0.272 e. The van der Waals surface area contributed by atoms with Gasteiger partial charge in [0.25, 0.3) is 5.91 Å². The fourth-order valence-electron chi connectivity index (χ4n) is 5.99. The van der Waals surface area contributed by atoms with Gasteiger partial charge in [-0.05, 0) is 56.4 Å². The lowest BCUT2D eigenvalue weighted by atomic mass is 9.77. The van der Waals surface area contributed by atoms with Gasteiger partial charge in [0, 0.05) is 61.8 Å². The van der Waals surface area contributed by atoms with Crippen LogP contribution >= 0.6 is 0 Å². The zero-order valence-electron chi connectivity index (χ0n) is 21.2. The highest BCUT2D eigenvalue weighted by Crippen LogP contribution is 2.44. The summed E-state index contributed by atoms with van der Waals surface area (Å²) in [5.41, 5.74) is 3.84. The Morgan fingerprint density at radius 2 is 1.73 bits per heavy atom. The number of carbonyl (C=O) groups excluding carboxylic acids is 2. The van der Waals surface area contributed by atoms with Gasteiger partial charge >= 0.3 is 0 Å². The van der Waals surface area contributed by atoms with Crippen molar-refractivity contribution in [1.82, 2.24) is 20.1 Å². The van der Waals surface area contributed by atoms with E-state index in [1.807, 2.05) is 52.5 Å². The van der Waals surface area contributed by atoms with E-state index in [0.717, 1.165) is 42.0 Å². The lowest BCUT2D eigenvalue weighted by Crippen LogP contribution is -2.46. The largest absolute Gasteiger partial charge is 0.496 e. The van der Waals surface area contributed by atoms with Crippen LogP contribution in [0, 0.1) is 5.41 Å². The number of pyridine rings is 1. The van der Waals surface area contributed by atoms with Crippen LogP contribution in [0.3, 0.4) is 0 Å². The van der Waals surface area contributed by atoms with E-state index in [2.05, 4.69) is 20.1 Å². The van der Waals surface area contributed by atoms with Crippen molar-refractivity contribution in [1.29, 1.82) is 0 Å². The summed E-state index contributed by atoms with van der Waals surface area (Å²) in [5.74, 6) is 0.798. The number of amides is 2. The molecule has 192 valence electrons. The molecule has 3 aliphatic rings. The molecule has 0 bridgehead atoms. The average Bonchev–Trinajstić information content (AvgIpc) is 3.72. The van der Waals surface area contributed by atoms with Crippen LogP contribution in [0.2, 0.25) is 0 Å². The highest BCUT2D eigenvalue weighted by Gasteiger charge is 2.49. The van der Waals surface area contributed by atoms with E-state index in [-0.39, 0.29) is 11.8 Å². The average molecular weight is 501 g/mol. The van der Waals surface area contributed by atoms with Gasteiger partial charge in [0.15, 0.2) is 0 Å². The third kappa shape index (κ3) is 4.22. The van der Waals surface area contributed by atoms with Crippen molar-refractivity contribution in [3.8, 4) is 16.9 Å². The van der Waals surface area contributed by atoms with Gasteiger partial charge in [0.1, 0.15) is 11.4 Å². The first-order valence-electron chi connectivity index (χ1n) is 13.1. The minimum Gasteiger partial charge on any atom is -0.496 e. The molecule has 3 fully saturated rings. The quantitative estimate of drug-likeness (QED) is 0.574. The van der Waals surface area contributed by atoms with Crippen LogP contribution in [0.15, 0.2) is 48.9 Å². The number of methoxy groups -OCH3 is 1. The number of aromatic amines is 1. The van der Waals surface area contributed by atoms with Crippen LogP contribution in [0.25, 0.3) is 11.1 Å². The molecular formula is C28H32N6O3. The summed E-state index contributed by atoms with van der Waals surface area (Å²) in [4.78, 5) is 37.3. The predicted molar refractivity (Wildman–Crippen MR) is 141 cm³/mol. The minimum absolute atomic E-state index is 0.0512. The summed E-state index contributed by atoms with van der Waals surface area (Å²) in [6.45, 7) is 3.90. The fourth-order valence-corrected chi connectivity index (χ4v) is 5.99. The Bertz CT molecular complexity index is 1280. The Labute approximate surface area is 216 Å². The van der Waals surface area contributed by atoms with E-state index in [4.69, 9.17) is 4.74 Å². The number of anilines is 2. The second-order valence-electron chi connectivity index (χ2n) is 10.2. The SMILES string of the molecule is COc1cc(N2CCC3(CCN(C(=O)c4ccc(N5CCCC5)cn4)CC3)C2=O)ccc1-c1cn[nH]c1. The molecule has 0 radical (unpaired) electrons. The Morgan fingerprint density at radius 1 is 0.973 bits per heavy atom. The number of likely N-dealkylation sites (tertiary alicyclic amines) is 1. The molecule has 1 aromatic carbocycles. The molecule has 9 heteroatoms. The molecule has 1 spiro atoms. The topological polar surface area (TPSA) is 94.7 Å². The van der Waals surface area contributed by atoms with Crippen molar-refractivity contribution in [3.05, 3.63) is 54.6 Å². The molecular weight excluding hydrogens is 468 g/mol. The summed E-state index contributed by atoms with van der Waals surface area (Å²) < 4.78 is 5.63. The molecule has 3 aromatic rings. The molecule has 2 amide bonds. The van der Waals surface area contributed by atoms with Gasteiger partial charge in [0.2, 0.25) is 5.91 Å². The molecule has 2 aromatic heterocycles. The molecule has 0 saturated carbocycles. The molecule has 9 nitrogen and oxygen atoms in total. The number of piperidine rings is 1. The number of carbonyl (C=O) groups is 2. The van der Waals surface area contributed by atoms with Crippen LogP contribution < -0.4 is 14.5 Å². The lowest BCUT2D eigenvalue weighted by molar-refractivity contribution is -0.127. The number of rotatable bonds is 5. The maximum atomic E-state index is 13.7. The van der Waals surface area contributed by atoms with Crippen molar-refractivity contribution in [3.63, 3.8) is 0 Å². The van der Waals surface area contributed by atoms with Crippen molar-refractivity contribution in [2.75, 3.05) is 49.6 Å². The van der Waals surface area contributed by atoms with E-state index in [1.165, 1.54) is 12.8 Å². The zero-order chi connectivity index (χ0) is 25.4. The normalized spacial score (nSPS) is 19.2. The zero-order valence-corrected chi connectivity index (χ0v) is 21.2. The highest BCUT2D eigenvalue weighted by atomic mass is 16.5. The minimum atomic E-state index is -0.416. The number of nitrogens with zero attached hydrogens (tertiary/aromatic N) is 5. The Morgan fingerprint density at radius 3 is 2.41 bits per heavy atom. The molecule has 37 heavy (non-hydrogen) atoms. The molecule has 6 rings (SSSR count). The molecule has 0 atom stereocenters. The predicted octanol–water partition coefficient (Wildman–Crippen LogP) is 3.74. The first kappa shape index (κ1) is 23.5. The fraction of sp³-hybridized carbons (Fsp3) is 0.429. The Kier molecular flexibility index (Phi) is 6.06. The maximum absolute atomic E-state index is 13.7. The number of ether oxygens (including phenoxy) is 1. The van der Waals surface area contributed by atoms with Gasteiger partial charge < -0.3 is 19.4 Å². The second kappa shape index (κ2) is 9.53. The standard InChI is InChI=1S/C28H32N6O3/c1-37-25-16-21(4-6-23(25)20-17-30-31-18-20)34-15-10-28(27(34)36)8-13-33(14-9-28)26(35)24-7-5-22(19-29-24)32-11-2-3-12-32/h4-7,16-19H,2-3,8-15H2,1H3,(H,30,31). The number of benzene rings is 1. The van der Waals surface area contributed by atoms with E-state index >= 15 is 0 Å². The third-order valence-corrected chi connectivity index (χ3v) is 8.26. The van der Waals surface area contributed by atoms with Crippen LogP contribution in [0.5, 0.6) is 5.75 Å². The second-order valence-corrected chi connectivity index (χ2v) is 10.2. The van der Waals surface area contributed by atoms with E-state index in [9.17, 15) is 9.59 Å². The van der Waals surface area contributed by atoms with Crippen molar-refractivity contribution in [2.24, 2.45) is 5.41 Å². The van der Waals surface area contributed by atoms with Gasteiger partial charge in [-0.1, -0.05) is 0 Å². The van der Waals surface area contributed by atoms with Gasteiger partial charge in [-0.15, -0.1) is 0 Å². The summed E-state index contributed by atoms with van der Waals surface area (Å²) in [6.07, 6.45) is 9.93. The first-order valence-corrected chi connectivity index (χ1v) is 13.1. The van der Waals surface area contributed by atoms with Gasteiger partial charge in [-0.2, -0.15) is 5.10 Å². The van der Waals surface area contributed by atoms with Crippen LogP contribution in [-0.4, -0.2) is 71.7 Å². The summed E-state index contributed by atoms with van der Waals surface area (Å²) in [5, 5.41) is 6.85. The van der Waals surface area contributed by atoms with Gasteiger partial charge in [-0.25, -0.2) is 4.98 Å². The van der Waals surface area contributed by atoms with Crippen LogP contribution in [0.1, 0.15) is 42.6 Å². The molecule has 0 aliphatic carbocycles. The number of H-pyrrole nitrogens is 1. The highest BCUT2D eigenvalue weighted by molar-refractivity contribution is 6.01. The Hall–Kier alpha value is -3.88. The monoisotopic (exact) mass is 500 g/mol. The van der Waals surface area contributed by atoms with Crippen molar-refractivity contribution in [2.45, 2.75) is 32.1 Å². The van der Waals surface area contributed by atoms with Crippen molar-refractivity contribution >= 4 is 23.2 Å². The third-order valence-electron chi connectivity index (χ3n) is 8.26. The molecule has 3 saturated heterocycles. The molecule has 3 aliphatic heterocycles. The maximum Gasteiger partial charge on any atom is 0.272 e. The molecule has 0 unspecified atom stereocenters. The van der Waals surface area contributed by atoms with E-state index in [0.29, 0.717) is 43.9 Å². The van der Waals surface area contributed by atoms with Crippen LogP contribution in [-0.2, 0) is 4.79 Å². The number of hydrogen-bond acceptors (Lipinski definition) is 6. The lowest BCUT2D eigenvalue weighted by Gasteiger charge is -2.37. The van der Waals surface area contributed by atoms with E-state index < -0.39 is 5.41 Å².